The third kappa shape index (κ3) is 7.39. The van der Waals surface area contributed by atoms with Crippen LogP contribution < -0.4 is 20.2 Å². The maximum absolute atomic E-state index is 12.6. The molecular formula is C30H24N4O7. The van der Waals surface area contributed by atoms with Crippen LogP contribution in [-0.2, 0) is 0 Å². The molecule has 4 aromatic carbocycles. The number of nitro benzene ring substituents is 1. The molecule has 0 aromatic heterocycles. The molecule has 0 heterocycles. The molecule has 0 aliphatic rings. The Labute approximate surface area is 234 Å². The van der Waals surface area contributed by atoms with Gasteiger partial charge in [0.25, 0.3) is 17.5 Å². The number of anilines is 1. The number of nitro groups is 1. The summed E-state index contributed by atoms with van der Waals surface area (Å²) in [5.74, 6) is -1.15. The predicted octanol–water partition coefficient (Wildman–Crippen LogP) is 5.15. The monoisotopic (exact) mass is 552 g/mol. The van der Waals surface area contributed by atoms with Crippen LogP contribution in [0.25, 0.3) is 0 Å². The highest BCUT2D eigenvalue weighted by Crippen LogP contribution is 2.28. The molecule has 11 heteroatoms. The van der Waals surface area contributed by atoms with E-state index in [1.165, 1.54) is 49.7 Å². The van der Waals surface area contributed by atoms with Crippen LogP contribution in [0.4, 0.5) is 11.4 Å². The number of carbonyl (C=O) groups excluding carboxylic acids is 3. The average molecular weight is 553 g/mol. The minimum Gasteiger partial charge on any atom is -0.493 e. The smallest absolute Gasteiger partial charge is 0.343 e. The number of carbonyl (C=O) groups is 3. The van der Waals surface area contributed by atoms with E-state index < -0.39 is 16.8 Å². The van der Waals surface area contributed by atoms with Crippen molar-refractivity contribution in [3.63, 3.8) is 0 Å². The lowest BCUT2D eigenvalue weighted by Crippen LogP contribution is -2.18. The number of rotatable bonds is 9. The first-order valence-electron chi connectivity index (χ1n) is 12.2. The number of aryl methyl sites for hydroxylation is 1. The fourth-order valence-corrected chi connectivity index (χ4v) is 3.68. The van der Waals surface area contributed by atoms with E-state index >= 15 is 0 Å². The van der Waals surface area contributed by atoms with Gasteiger partial charge in [0.05, 0.1) is 23.8 Å². The lowest BCUT2D eigenvalue weighted by atomic mass is 10.1. The first-order chi connectivity index (χ1) is 19.7. The molecule has 0 aliphatic carbocycles. The Hall–Kier alpha value is -5.84. The Morgan fingerprint density at radius 2 is 1.54 bits per heavy atom. The predicted molar refractivity (Wildman–Crippen MR) is 152 cm³/mol. The van der Waals surface area contributed by atoms with Crippen molar-refractivity contribution in [1.29, 1.82) is 0 Å². The number of esters is 1. The highest BCUT2D eigenvalue weighted by molar-refractivity contribution is 6.05. The molecule has 0 aliphatic heterocycles. The fraction of sp³-hybridized carbons (Fsp3) is 0.0667. The minimum atomic E-state index is -0.718. The maximum Gasteiger partial charge on any atom is 0.343 e. The van der Waals surface area contributed by atoms with Crippen LogP contribution in [0.5, 0.6) is 11.5 Å². The number of hydrogen-bond acceptors (Lipinski definition) is 8. The van der Waals surface area contributed by atoms with Crippen LogP contribution in [0, 0.1) is 17.0 Å². The topological polar surface area (TPSA) is 149 Å². The third-order valence-electron chi connectivity index (χ3n) is 5.75. The van der Waals surface area contributed by atoms with Gasteiger partial charge >= 0.3 is 5.97 Å². The van der Waals surface area contributed by atoms with E-state index in [9.17, 15) is 24.5 Å². The van der Waals surface area contributed by atoms with Gasteiger partial charge in [0.15, 0.2) is 11.5 Å². The number of hydrazone groups is 1. The average Bonchev–Trinajstić information content (AvgIpc) is 2.97. The van der Waals surface area contributed by atoms with E-state index in [1.807, 2.05) is 13.0 Å². The normalized spacial score (nSPS) is 10.6. The quantitative estimate of drug-likeness (QED) is 0.0959. The van der Waals surface area contributed by atoms with E-state index in [4.69, 9.17) is 9.47 Å². The van der Waals surface area contributed by atoms with Crippen LogP contribution in [0.1, 0.15) is 42.2 Å². The summed E-state index contributed by atoms with van der Waals surface area (Å²) in [6, 6.07) is 23.3. The van der Waals surface area contributed by atoms with Crippen LogP contribution in [0.15, 0.2) is 96.1 Å². The molecule has 4 aromatic rings. The summed E-state index contributed by atoms with van der Waals surface area (Å²) in [4.78, 5) is 47.8. The van der Waals surface area contributed by atoms with Crippen molar-refractivity contribution in [2.24, 2.45) is 5.10 Å². The number of nitrogens with zero attached hydrogens (tertiary/aromatic N) is 2. The Kier molecular flexibility index (Phi) is 8.80. The molecule has 206 valence electrons. The Morgan fingerprint density at radius 3 is 2.22 bits per heavy atom. The van der Waals surface area contributed by atoms with Gasteiger partial charge in [-0.05, 0) is 73.2 Å². The van der Waals surface area contributed by atoms with E-state index in [1.54, 1.807) is 48.5 Å². The van der Waals surface area contributed by atoms with Crippen molar-refractivity contribution >= 4 is 35.4 Å². The first-order valence-corrected chi connectivity index (χ1v) is 12.2. The number of non-ortho nitro benzene ring substituents is 1. The first kappa shape index (κ1) is 28.2. The second-order valence-electron chi connectivity index (χ2n) is 8.71. The largest absolute Gasteiger partial charge is 0.493 e. The van der Waals surface area contributed by atoms with Gasteiger partial charge in [0.2, 0.25) is 0 Å². The molecule has 0 radical (unpaired) electrons. The van der Waals surface area contributed by atoms with E-state index in [0.29, 0.717) is 16.8 Å². The molecule has 11 nitrogen and oxygen atoms in total. The molecule has 41 heavy (non-hydrogen) atoms. The van der Waals surface area contributed by atoms with Crippen LogP contribution in [0.3, 0.4) is 0 Å². The summed E-state index contributed by atoms with van der Waals surface area (Å²) in [6.45, 7) is 1.89. The molecule has 0 atom stereocenters. The highest BCUT2D eigenvalue weighted by Gasteiger charge is 2.15. The fourth-order valence-electron chi connectivity index (χ4n) is 3.68. The standard InChI is InChI=1S/C30H24N4O7/c1-19-5-3-6-22(15-19)28(35)32-24-8-4-7-23(17-24)29(36)33-31-18-20-9-14-26(27(16-20)40-2)41-30(37)21-10-12-25(13-11-21)34(38)39/h3-18H,1-2H3,(H,32,35)(H,33,36). The summed E-state index contributed by atoms with van der Waals surface area (Å²) in [5.41, 5.74) is 5.16. The second kappa shape index (κ2) is 12.8. The summed E-state index contributed by atoms with van der Waals surface area (Å²) in [6.07, 6.45) is 1.38. The zero-order valence-electron chi connectivity index (χ0n) is 22.0. The van der Waals surface area contributed by atoms with Gasteiger partial charge in [-0.1, -0.05) is 23.8 Å². The van der Waals surface area contributed by atoms with Crippen LogP contribution in [0.2, 0.25) is 0 Å². The van der Waals surface area contributed by atoms with Gasteiger partial charge in [-0.15, -0.1) is 0 Å². The van der Waals surface area contributed by atoms with Crippen LogP contribution in [-0.4, -0.2) is 36.0 Å². The summed E-state index contributed by atoms with van der Waals surface area (Å²) >= 11 is 0. The zero-order valence-corrected chi connectivity index (χ0v) is 22.0. The van der Waals surface area contributed by atoms with Crippen LogP contribution >= 0.6 is 0 Å². The van der Waals surface area contributed by atoms with Gasteiger partial charge in [0.1, 0.15) is 0 Å². The summed E-state index contributed by atoms with van der Waals surface area (Å²) in [5, 5.41) is 17.5. The Bertz CT molecular complexity index is 1650. The molecule has 0 saturated carbocycles. The van der Waals surface area contributed by atoms with Crippen molar-refractivity contribution in [2.75, 3.05) is 12.4 Å². The van der Waals surface area contributed by atoms with Gasteiger partial charge in [0, 0.05) is 28.9 Å². The molecule has 0 bridgehead atoms. The second-order valence-corrected chi connectivity index (χ2v) is 8.71. The minimum absolute atomic E-state index is 0.126. The molecule has 4 rings (SSSR count). The van der Waals surface area contributed by atoms with Gasteiger partial charge in [-0.25, -0.2) is 10.2 Å². The summed E-state index contributed by atoms with van der Waals surface area (Å²) in [7, 11) is 1.39. The number of hydrogen-bond donors (Lipinski definition) is 2. The molecule has 0 unspecified atom stereocenters. The maximum atomic E-state index is 12.6. The number of benzene rings is 4. The number of methoxy groups -OCH3 is 1. The summed E-state index contributed by atoms with van der Waals surface area (Å²) < 4.78 is 10.7. The zero-order chi connectivity index (χ0) is 29.4. The van der Waals surface area contributed by atoms with Crippen molar-refractivity contribution in [2.45, 2.75) is 6.92 Å². The van der Waals surface area contributed by atoms with E-state index in [-0.39, 0.29) is 34.2 Å². The Balaban J connectivity index is 1.37. The van der Waals surface area contributed by atoms with E-state index in [2.05, 4.69) is 15.8 Å². The van der Waals surface area contributed by atoms with Crippen molar-refractivity contribution in [3.8, 4) is 11.5 Å². The lowest BCUT2D eigenvalue weighted by Gasteiger charge is -2.10. The van der Waals surface area contributed by atoms with Crippen molar-refractivity contribution in [3.05, 3.63) is 129 Å². The number of ether oxygens (including phenoxy) is 2. The van der Waals surface area contributed by atoms with Gasteiger partial charge in [-0.2, -0.15) is 5.10 Å². The van der Waals surface area contributed by atoms with Crippen molar-refractivity contribution in [1.82, 2.24) is 5.43 Å². The molecule has 0 saturated heterocycles. The molecule has 2 amide bonds. The van der Waals surface area contributed by atoms with Gasteiger partial charge < -0.3 is 14.8 Å². The van der Waals surface area contributed by atoms with E-state index in [0.717, 1.165) is 5.56 Å². The molecular weight excluding hydrogens is 528 g/mol. The Morgan fingerprint density at radius 1 is 0.829 bits per heavy atom. The molecule has 0 fully saturated rings. The highest BCUT2D eigenvalue weighted by atomic mass is 16.6. The lowest BCUT2D eigenvalue weighted by molar-refractivity contribution is -0.384. The van der Waals surface area contributed by atoms with Crippen molar-refractivity contribution < 1.29 is 28.8 Å². The third-order valence-corrected chi connectivity index (χ3v) is 5.75. The molecule has 0 spiro atoms. The number of nitrogens with one attached hydrogen (secondary N) is 2. The van der Waals surface area contributed by atoms with Gasteiger partial charge in [-0.3, -0.25) is 19.7 Å². The number of amides is 2. The SMILES string of the molecule is COc1cc(C=NNC(=O)c2cccc(NC(=O)c3cccc(C)c3)c2)ccc1OC(=O)c1ccc([N+](=O)[O-])cc1. The molecule has 2 N–H and O–H groups in total.